The summed E-state index contributed by atoms with van der Waals surface area (Å²) in [5.41, 5.74) is 3.01. The minimum absolute atomic E-state index is 0.345. The van der Waals surface area contributed by atoms with Crippen LogP contribution in [-0.2, 0) is 4.74 Å². The van der Waals surface area contributed by atoms with Crippen LogP contribution < -0.4 is 10.1 Å². The van der Waals surface area contributed by atoms with E-state index in [9.17, 15) is 9.59 Å². The molecule has 0 aliphatic carbocycles. The van der Waals surface area contributed by atoms with Crippen molar-refractivity contribution in [3.8, 4) is 17.0 Å². The zero-order valence-corrected chi connectivity index (χ0v) is 16.3. The SMILES string of the molecule is COC(=O)c1ccc(C(=O)Nc2cn3nc(-c4cccc(OC)c4)ccc3n2)cc1. The van der Waals surface area contributed by atoms with Gasteiger partial charge in [0.25, 0.3) is 5.91 Å². The summed E-state index contributed by atoms with van der Waals surface area (Å²) in [7, 11) is 2.92. The van der Waals surface area contributed by atoms with Crippen LogP contribution >= 0.6 is 0 Å². The fourth-order valence-corrected chi connectivity index (χ4v) is 2.94. The highest BCUT2D eigenvalue weighted by Gasteiger charge is 2.12. The first-order chi connectivity index (χ1) is 14.6. The summed E-state index contributed by atoms with van der Waals surface area (Å²) in [6, 6.07) is 17.4. The second-order valence-corrected chi connectivity index (χ2v) is 6.40. The molecule has 0 bridgehead atoms. The monoisotopic (exact) mass is 402 g/mol. The number of nitrogens with zero attached hydrogens (tertiary/aromatic N) is 3. The molecule has 2 aromatic carbocycles. The average Bonchev–Trinajstić information content (AvgIpc) is 3.20. The van der Waals surface area contributed by atoms with Gasteiger partial charge in [0.2, 0.25) is 0 Å². The van der Waals surface area contributed by atoms with Crippen molar-refractivity contribution in [2.24, 2.45) is 0 Å². The predicted molar refractivity (Wildman–Crippen MR) is 111 cm³/mol. The number of methoxy groups -OCH3 is 2. The molecule has 1 N–H and O–H groups in total. The number of fused-ring (bicyclic) bond motifs is 1. The standard InChI is InChI=1S/C22H18N4O4/c1-29-17-5-3-4-16(12-17)18-10-11-20-23-19(13-26(20)25-18)24-21(27)14-6-8-15(9-7-14)22(28)30-2/h3-13H,1-2H3,(H,24,27). The first kappa shape index (κ1) is 19.1. The molecular formula is C22H18N4O4. The maximum atomic E-state index is 12.5. The number of hydrogen-bond donors (Lipinski definition) is 1. The number of amides is 1. The lowest BCUT2D eigenvalue weighted by molar-refractivity contribution is 0.0600. The first-order valence-electron chi connectivity index (χ1n) is 9.08. The number of anilines is 1. The third-order valence-corrected chi connectivity index (χ3v) is 4.50. The molecule has 2 heterocycles. The Hall–Kier alpha value is -4.20. The summed E-state index contributed by atoms with van der Waals surface area (Å²) < 4.78 is 11.5. The van der Waals surface area contributed by atoms with Crippen molar-refractivity contribution in [1.82, 2.24) is 14.6 Å². The Morgan fingerprint density at radius 1 is 0.967 bits per heavy atom. The molecule has 8 heteroatoms. The fraction of sp³-hybridized carbons (Fsp3) is 0.0909. The van der Waals surface area contributed by atoms with Gasteiger partial charge in [-0.05, 0) is 48.5 Å². The third kappa shape index (κ3) is 3.83. The molecule has 30 heavy (non-hydrogen) atoms. The number of aromatic nitrogens is 3. The Labute approximate surface area is 172 Å². The van der Waals surface area contributed by atoms with Gasteiger partial charge in [-0.15, -0.1) is 0 Å². The van der Waals surface area contributed by atoms with Gasteiger partial charge in [0.05, 0.1) is 31.7 Å². The van der Waals surface area contributed by atoms with Crippen LogP contribution in [0.5, 0.6) is 5.75 Å². The number of ether oxygens (including phenoxy) is 2. The van der Waals surface area contributed by atoms with Gasteiger partial charge in [0.15, 0.2) is 11.5 Å². The number of carbonyl (C=O) groups is 2. The van der Waals surface area contributed by atoms with Gasteiger partial charge in [0, 0.05) is 11.1 Å². The zero-order valence-electron chi connectivity index (χ0n) is 16.3. The minimum Gasteiger partial charge on any atom is -0.497 e. The van der Waals surface area contributed by atoms with Gasteiger partial charge in [-0.2, -0.15) is 5.10 Å². The maximum Gasteiger partial charge on any atom is 0.337 e. The third-order valence-electron chi connectivity index (χ3n) is 4.50. The average molecular weight is 402 g/mol. The molecule has 0 saturated carbocycles. The summed E-state index contributed by atoms with van der Waals surface area (Å²) >= 11 is 0. The molecule has 0 spiro atoms. The highest BCUT2D eigenvalue weighted by molar-refractivity contribution is 6.04. The molecule has 0 aliphatic heterocycles. The quantitative estimate of drug-likeness (QED) is 0.514. The normalized spacial score (nSPS) is 10.6. The molecule has 4 rings (SSSR count). The second kappa shape index (κ2) is 8.04. The van der Waals surface area contributed by atoms with Crippen LogP contribution in [0.25, 0.3) is 16.9 Å². The Morgan fingerprint density at radius 3 is 2.47 bits per heavy atom. The lowest BCUT2D eigenvalue weighted by Gasteiger charge is -2.04. The Kier molecular flexibility index (Phi) is 5.13. The van der Waals surface area contributed by atoms with Gasteiger partial charge >= 0.3 is 5.97 Å². The Bertz CT molecular complexity index is 1230. The van der Waals surface area contributed by atoms with E-state index in [0.29, 0.717) is 22.6 Å². The largest absolute Gasteiger partial charge is 0.497 e. The van der Waals surface area contributed by atoms with E-state index in [1.54, 1.807) is 30.0 Å². The van der Waals surface area contributed by atoms with Crippen LogP contribution in [0, 0.1) is 0 Å². The van der Waals surface area contributed by atoms with Crippen LogP contribution in [0.1, 0.15) is 20.7 Å². The van der Waals surface area contributed by atoms with Gasteiger partial charge in [0.1, 0.15) is 5.75 Å². The first-order valence-corrected chi connectivity index (χ1v) is 9.08. The number of carbonyl (C=O) groups excluding carboxylic acids is 2. The molecule has 1 amide bonds. The van der Waals surface area contributed by atoms with Gasteiger partial charge < -0.3 is 14.8 Å². The van der Waals surface area contributed by atoms with E-state index in [-0.39, 0.29) is 5.91 Å². The number of esters is 1. The molecule has 0 fully saturated rings. The fourth-order valence-electron chi connectivity index (χ4n) is 2.94. The molecule has 4 aromatic rings. The summed E-state index contributed by atoms with van der Waals surface area (Å²) in [4.78, 5) is 28.4. The summed E-state index contributed by atoms with van der Waals surface area (Å²) in [6.07, 6.45) is 1.64. The van der Waals surface area contributed by atoms with Crippen LogP contribution in [0.2, 0.25) is 0 Å². The van der Waals surface area contributed by atoms with Crippen molar-refractivity contribution in [3.63, 3.8) is 0 Å². The molecule has 8 nitrogen and oxygen atoms in total. The summed E-state index contributed by atoms with van der Waals surface area (Å²) in [5, 5.41) is 7.30. The number of hydrogen-bond acceptors (Lipinski definition) is 6. The van der Waals surface area contributed by atoms with Crippen molar-refractivity contribution < 1.29 is 19.1 Å². The molecular weight excluding hydrogens is 384 g/mol. The van der Waals surface area contributed by atoms with Crippen molar-refractivity contribution in [2.45, 2.75) is 0 Å². The molecule has 0 atom stereocenters. The lowest BCUT2D eigenvalue weighted by Crippen LogP contribution is -2.12. The van der Waals surface area contributed by atoms with E-state index in [1.807, 2.05) is 36.4 Å². The van der Waals surface area contributed by atoms with Crippen molar-refractivity contribution in [3.05, 3.63) is 78.0 Å². The Balaban J connectivity index is 1.55. The molecule has 0 radical (unpaired) electrons. The molecule has 0 aliphatic rings. The van der Waals surface area contributed by atoms with Crippen LogP contribution in [-0.4, -0.2) is 40.7 Å². The summed E-state index contributed by atoms with van der Waals surface area (Å²) in [6.45, 7) is 0. The van der Waals surface area contributed by atoms with E-state index >= 15 is 0 Å². The summed E-state index contributed by atoms with van der Waals surface area (Å²) in [5.74, 6) is 0.307. The minimum atomic E-state index is -0.458. The van der Waals surface area contributed by atoms with E-state index in [4.69, 9.17) is 4.74 Å². The topological polar surface area (TPSA) is 94.8 Å². The zero-order chi connectivity index (χ0) is 21.1. The molecule has 0 saturated heterocycles. The van der Waals surface area contributed by atoms with Crippen molar-refractivity contribution >= 4 is 23.3 Å². The van der Waals surface area contributed by atoms with Crippen molar-refractivity contribution in [2.75, 3.05) is 19.5 Å². The van der Waals surface area contributed by atoms with Crippen LogP contribution in [0.15, 0.2) is 66.9 Å². The lowest BCUT2D eigenvalue weighted by atomic mass is 10.1. The highest BCUT2D eigenvalue weighted by atomic mass is 16.5. The molecule has 2 aromatic heterocycles. The van der Waals surface area contributed by atoms with Crippen LogP contribution in [0.4, 0.5) is 5.82 Å². The highest BCUT2D eigenvalue weighted by Crippen LogP contribution is 2.22. The van der Waals surface area contributed by atoms with Gasteiger partial charge in [-0.1, -0.05) is 12.1 Å². The second-order valence-electron chi connectivity index (χ2n) is 6.40. The molecule has 150 valence electrons. The Morgan fingerprint density at radius 2 is 1.73 bits per heavy atom. The number of rotatable bonds is 5. The number of imidazole rings is 1. The molecule has 0 unspecified atom stereocenters. The van der Waals surface area contributed by atoms with Gasteiger partial charge in [-0.3, -0.25) is 4.79 Å². The van der Waals surface area contributed by atoms with E-state index < -0.39 is 5.97 Å². The number of nitrogens with one attached hydrogen (secondary N) is 1. The maximum absolute atomic E-state index is 12.5. The van der Waals surface area contributed by atoms with E-state index in [1.165, 1.54) is 19.2 Å². The smallest absolute Gasteiger partial charge is 0.337 e. The van der Waals surface area contributed by atoms with E-state index in [0.717, 1.165) is 17.0 Å². The van der Waals surface area contributed by atoms with E-state index in [2.05, 4.69) is 20.1 Å². The van der Waals surface area contributed by atoms with Crippen LogP contribution in [0.3, 0.4) is 0 Å². The van der Waals surface area contributed by atoms with Gasteiger partial charge in [-0.25, -0.2) is 14.3 Å². The van der Waals surface area contributed by atoms with Crippen molar-refractivity contribution in [1.29, 1.82) is 0 Å². The predicted octanol–water partition coefficient (Wildman–Crippen LogP) is 3.44. The number of benzene rings is 2.